The molecule has 0 fully saturated rings. The molecule has 0 aliphatic heterocycles. The maximum atomic E-state index is 13.0. The van der Waals surface area contributed by atoms with E-state index in [1.54, 1.807) is 7.05 Å². The number of nitrogens with one attached hydrogen (secondary N) is 1. The molecule has 1 rings (SSSR count). The van der Waals surface area contributed by atoms with Gasteiger partial charge in [-0.15, -0.1) is 0 Å². The molecule has 0 aromatic heterocycles. The van der Waals surface area contributed by atoms with Gasteiger partial charge in [0.25, 0.3) is 0 Å². The van der Waals surface area contributed by atoms with Crippen molar-refractivity contribution in [2.24, 2.45) is 0 Å². The zero-order valence-electron chi connectivity index (χ0n) is 7.62. The molecule has 1 nitrogen and oxygen atoms in total. The van der Waals surface area contributed by atoms with Gasteiger partial charge in [-0.3, -0.25) is 0 Å². The summed E-state index contributed by atoms with van der Waals surface area (Å²) < 4.78 is 13.7. The minimum absolute atomic E-state index is 0.260. The molecule has 1 N–H and O–H groups in total. The van der Waals surface area contributed by atoms with Crippen molar-refractivity contribution in [2.75, 3.05) is 12.4 Å². The Morgan fingerprint density at radius 3 is 2.62 bits per heavy atom. The number of halogens is 2. The van der Waals surface area contributed by atoms with Crippen LogP contribution in [0, 0.1) is 5.82 Å². The zero-order valence-corrected chi connectivity index (χ0v) is 9.20. The van der Waals surface area contributed by atoms with Crippen LogP contribution in [-0.4, -0.2) is 7.05 Å². The minimum atomic E-state index is -0.260. The number of hydrogen-bond donors (Lipinski definition) is 1. The lowest BCUT2D eigenvalue weighted by Gasteiger charge is -2.10. The first-order valence-electron chi connectivity index (χ1n) is 3.89. The predicted molar refractivity (Wildman–Crippen MR) is 58.4 cm³/mol. The van der Waals surface area contributed by atoms with Crippen LogP contribution in [-0.2, 0) is 0 Å². The minimum Gasteiger partial charge on any atom is -0.387 e. The molecule has 1 aromatic carbocycles. The Morgan fingerprint density at radius 2 is 2.15 bits per heavy atom. The van der Waals surface area contributed by atoms with E-state index in [-0.39, 0.29) is 5.82 Å². The van der Waals surface area contributed by atoms with E-state index in [2.05, 4.69) is 27.8 Å². The van der Waals surface area contributed by atoms with Gasteiger partial charge in [0.15, 0.2) is 0 Å². The van der Waals surface area contributed by atoms with Crippen molar-refractivity contribution < 1.29 is 4.39 Å². The molecule has 0 heterocycles. The number of anilines is 1. The van der Waals surface area contributed by atoms with Crippen LogP contribution in [0.15, 0.2) is 23.2 Å². The Balaban J connectivity index is 3.38. The molecule has 0 unspecified atom stereocenters. The molecule has 0 bridgehead atoms. The van der Waals surface area contributed by atoms with Gasteiger partial charge >= 0.3 is 0 Å². The summed E-state index contributed by atoms with van der Waals surface area (Å²) in [4.78, 5) is 0. The predicted octanol–water partition coefficient (Wildman–Crippen LogP) is 3.66. The summed E-state index contributed by atoms with van der Waals surface area (Å²) in [5, 5.41) is 3.00. The highest BCUT2D eigenvalue weighted by Gasteiger charge is 2.08. The molecular formula is C10H11BrFN. The van der Waals surface area contributed by atoms with Crippen LogP contribution in [0.5, 0.6) is 0 Å². The van der Waals surface area contributed by atoms with E-state index < -0.39 is 0 Å². The van der Waals surface area contributed by atoms with Crippen molar-refractivity contribution in [2.45, 2.75) is 6.92 Å². The van der Waals surface area contributed by atoms with Crippen LogP contribution in [0.3, 0.4) is 0 Å². The van der Waals surface area contributed by atoms with Gasteiger partial charge < -0.3 is 5.32 Å². The molecule has 0 spiro atoms. The highest BCUT2D eigenvalue weighted by Crippen LogP contribution is 2.31. The summed E-state index contributed by atoms with van der Waals surface area (Å²) in [6.45, 7) is 5.64. The van der Waals surface area contributed by atoms with Crippen LogP contribution in [0.4, 0.5) is 10.1 Å². The Bertz CT molecular complexity index is 347. The SMILES string of the molecule is C=C(C)c1cc(F)cc(Br)c1NC. The summed E-state index contributed by atoms with van der Waals surface area (Å²) in [7, 11) is 1.80. The van der Waals surface area contributed by atoms with Crippen LogP contribution >= 0.6 is 15.9 Å². The summed E-state index contributed by atoms with van der Waals surface area (Å²) in [6, 6.07) is 2.90. The van der Waals surface area contributed by atoms with Gasteiger partial charge in [0.2, 0.25) is 0 Å². The van der Waals surface area contributed by atoms with Gasteiger partial charge in [0.05, 0.1) is 5.69 Å². The van der Waals surface area contributed by atoms with Crippen LogP contribution in [0.25, 0.3) is 5.57 Å². The number of rotatable bonds is 2. The summed E-state index contributed by atoms with van der Waals surface area (Å²) in [5.41, 5.74) is 2.51. The number of benzene rings is 1. The quantitative estimate of drug-likeness (QED) is 0.836. The Morgan fingerprint density at radius 1 is 1.54 bits per heavy atom. The molecule has 1 aromatic rings. The molecule has 70 valence electrons. The first-order valence-corrected chi connectivity index (χ1v) is 4.68. The summed E-state index contributed by atoms with van der Waals surface area (Å²) >= 11 is 3.28. The van der Waals surface area contributed by atoms with E-state index in [9.17, 15) is 4.39 Å². The van der Waals surface area contributed by atoms with Crippen molar-refractivity contribution in [3.05, 3.63) is 34.6 Å². The summed E-state index contributed by atoms with van der Waals surface area (Å²) in [6.07, 6.45) is 0. The second kappa shape index (κ2) is 3.92. The monoisotopic (exact) mass is 243 g/mol. The highest BCUT2D eigenvalue weighted by molar-refractivity contribution is 9.10. The molecule has 3 heteroatoms. The van der Waals surface area contributed by atoms with E-state index in [1.165, 1.54) is 12.1 Å². The first-order chi connectivity index (χ1) is 6.06. The fourth-order valence-electron chi connectivity index (χ4n) is 1.16. The Kier molecular flexibility index (Phi) is 3.09. The second-order valence-electron chi connectivity index (χ2n) is 2.84. The van der Waals surface area contributed by atoms with Gasteiger partial charge in [-0.25, -0.2) is 4.39 Å². The lowest BCUT2D eigenvalue weighted by Crippen LogP contribution is -1.96. The smallest absolute Gasteiger partial charge is 0.125 e. The normalized spacial score (nSPS) is 9.85. The fraction of sp³-hybridized carbons (Fsp3) is 0.200. The average molecular weight is 244 g/mol. The van der Waals surface area contributed by atoms with Crippen molar-refractivity contribution in [1.82, 2.24) is 0 Å². The van der Waals surface area contributed by atoms with Gasteiger partial charge in [0.1, 0.15) is 5.82 Å². The van der Waals surface area contributed by atoms with E-state index in [1.807, 2.05) is 6.92 Å². The zero-order chi connectivity index (χ0) is 10.0. The van der Waals surface area contributed by atoms with Crippen molar-refractivity contribution in [1.29, 1.82) is 0 Å². The topological polar surface area (TPSA) is 12.0 Å². The molecule has 0 saturated carbocycles. The molecular weight excluding hydrogens is 233 g/mol. The third-order valence-electron chi connectivity index (χ3n) is 1.76. The molecule has 0 atom stereocenters. The van der Waals surface area contributed by atoms with Gasteiger partial charge in [0, 0.05) is 17.1 Å². The van der Waals surface area contributed by atoms with Gasteiger partial charge in [-0.2, -0.15) is 0 Å². The van der Waals surface area contributed by atoms with Crippen LogP contribution < -0.4 is 5.32 Å². The van der Waals surface area contributed by atoms with Gasteiger partial charge in [-0.05, 0) is 40.6 Å². The average Bonchev–Trinajstić information content (AvgIpc) is 2.02. The summed E-state index contributed by atoms with van der Waals surface area (Å²) in [5.74, 6) is -0.260. The van der Waals surface area contributed by atoms with Crippen LogP contribution in [0.1, 0.15) is 12.5 Å². The molecule has 0 radical (unpaired) electrons. The van der Waals surface area contributed by atoms with Crippen LogP contribution in [0.2, 0.25) is 0 Å². The van der Waals surface area contributed by atoms with E-state index >= 15 is 0 Å². The molecule has 0 aliphatic carbocycles. The molecule has 0 aliphatic rings. The maximum absolute atomic E-state index is 13.0. The van der Waals surface area contributed by atoms with Crippen molar-refractivity contribution in [3.63, 3.8) is 0 Å². The highest BCUT2D eigenvalue weighted by atomic mass is 79.9. The van der Waals surface area contributed by atoms with E-state index in [4.69, 9.17) is 0 Å². The molecule has 13 heavy (non-hydrogen) atoms. The lowest BCUT2D eigenvalue weighted by atomic mass is 10.1. The maximum Gasteiger partial charge on any atom is 0.125 e. The fourth-order valence-corrected chi connectivity index (χ4v) is 1.79. The first kappa shape index (κ1) is 10.3. The third kappa shape index (κ3) is 2.10. The lowest BCUT2D eigenvalue weighted by molar-refractivity contribution is 0.626. The third-order valence-corrected chi connectivity index (χ3v) is 2.39. The van der Waals surface area contributed by atoms with E-state index in [0.29, 0.717) is 4.47 Å². The van der Waals surface area contributed by atoms with E-state index in [0.717, 1.165) is 16.8 Å². The van der Waals surface area contributed by atoms with Crippen molar-refractivity contribution >= 4 is 27.2 Å². The van der Waals surface area contributed by atoms with Gasteiger partial charge in [-0.1, -0.05) is 6.58 Å². The standard InChI is InChI=1S/C10H11BrFN/c1-6(2)8-4-7(12)5-9(11)10(8)13-3/h4-5,13H,1H2,2-3H3. The Labute approximate surface area is 85.8 Å². The number of allylic oxidation sites excluding steroid dienone is 1. The van der Waals surface area contributed by atoms with Crippen molar-refractivity contribution in [3.8, 4) is 0 Å². The molecule has 0 saturated heterocycles. The second-order valence-corrected chi connectivity index (χ2v) is 3.69. The Hall–Kier alpha value is -0.830. The number of hydrogen-bond acceptors (Lipinski definition) is 1. The molecule has 0 amide bonds. The largest absolute Gasteiger partial charge is 0.387 e.